The van der Waals surface area contributed by atoms with Gasteiger partial charge in [-0.15, -0.1) is 0 Å². The lowest BCUT2D eigenvalue weighted by molar-refractivity contribution is -0.352. The summed E-state index contributed by atoms with van der Waals surface area (Å²) in [5.41, 5.74) is -1.15. The van der Waals surface area contributed by atoms with Crippen LogP contribution in [0.5, 0.6) is 28.7 Å². The highest BCUT2D eigenvalue weighted by molar-refractivity contribution is 5.88. The van der Waals surface area contributed by atoms with Gasteiger partial charge in [0, 0.05) is 17.7 Å². The van der Waals surface area contributed by atoms with Gasteiger partial charge in [0.05, 0.1) is 20.3 Å². The number of aliphatic hydroxyl groups excluding tert-OH is 7. The van der Waals surface area contributed by atoms with Crippen LogP contribution in [0.4, 0.5) is 0 Å². The van der Waals surface area contributed by atoms with Crippen molar-refractivity contribution in [1.29, 1.82) is 0 Å². The zero-order chi connectivity index (χ0) is 32.7. The van der Waals surface area contributed by atoms with Crippen molar-refractivity contribution in [2.75, 3.05) is 20.3 Å². The van der Waals surface area contributed by atoms with Crippen molar-refractivity contribution in [3.8, 4) is 40.1 Å². The molecule has 0 saturated carbocycles. The first kappa shape index (κ1) is 32.6. The standard InChI is InChI=1S/C28H32O17/c1-40-10-5-13(33)17-14(6-10)41-24(9-2-3-11(31)12(32)4-9)26(19(17)35)45-28-23(39)21(37)25(16(8-30)43-28)44-27-22(38)20(36)18(34)15(7-29)42-27/h2-6,15-16,18,20-23,25,27-34,36-39H,7-8H2,1H3/t15-,16-,18+,20+,21-,22-,23-,25+,27+,28+/m1/s1. The molecule has 0 amide bonds. The fraction of sp³-hybridized carbons (Fsp3) is 0.464. The van der Waals surface area contributed by atoms with Gasteiger partial charge in [0.25, 0.3) is 0 Å². The lowest BCUT2D eigenvalue weighted by Crippen LogP contribution is -2.65. The van der Waals surface area contributed by atoms with Crippen LogP contribution in [-0.4, -0.2) is 133 Å². The molecule has 10 N–H and O–H groups in total. The Labute approximate surface area is 252 Å². The molecule has 10 atom stereocenters. The molecular formula is C28H32O17. The molecule has 2 aliphatic heterocycles. The second-order valence-electron chi connectivity index (χ2n) is 10.4. The number of aromatic hydroxyl groups is 3. The summed E-state index contributed by atoms with van der Waals surface area (Å²) in [7, 11) is 1.31. The zero-order valence-corrected chi connectivity index (χ0v) is 23.4. The molecule has 3 heterocycles. The van der Waals surface area contributed by atoms with E-state index in [1.807, 2.05) is 0 Å². The van der Waals surface area contributed by atoms with Crippen molar-refractivity contribution in [2.45, 2.75) is 61.4 Å². The van der Waals surface area contributed by atoms with Gasteiger partial charge < -0.3 is 79.2 Å². The van der Waals surface area contributed by atoms with Gasteiger partial charge in [-0.05, 0) is 18.2 Å². The Morgan fingerprint density at radius 2 is 1.42 bits per heavy atom. The molecule has 246 valence electrons. The molecule has 0 aliphatic carbocycles. The summed E-state index contributed by atoms with van der Waals surface area (Å²) in [6.45, 7) is -1.65. The fourth-order valence-electron chi connectivity index (χ4n) is 5.11. The van der Waals surface area contributed by atoms with Crippen LogP contribution in [0.15, 0.2) is 39.5 Å². The Kier molecular flexibility index (Phi) is 9.38. The molecule has 0 bridgehead atoms. The zero-order valence-electron chi connectivity index (χ0n) is 23.4. The normalized spacial score (nSPS) is 32.0. The van der Waals surface area contributed by atoms with Crippen molar-refractivity contribution >= 4 is 11.0 Å². The van der Waals surface area contributed by atoms with Gasteiger partial charge in [-0.1, -0.05) is 0 Å². The van der Waals surface area contributed by atoms with E-state index >= 15 is 0 Å². The molecule has 0 spiro atoms. The summed E-state index contributed by atoms with van der Waals surface area (Å²) < 4.78 is 33.1. The third-order valence-electron chi connectivity index (χ3n) is 7.57. The first-order valence-corrected chi connectivity index (χ1v) is 13.5. The second kappa shape index (κ2) is 12.9. The summed E-state index contributed by atoms with van der Waals surface area (Å²) in [5, 5.41) is 102. The number of rotatable bonds is 8. The van der Waals surface area contributed by atoms with E-state index in [9.17, 15) is 55.9 Å². The van der Waals surface area contributed by atoms with E-state index < -0.39 is 103 Å². The van der Waals surface area contributed by atoms with Crippen LogP contribution in [0, 0.1) is 0 Å². The Balaban J connectivity index is 1.50. The minimum atomic E-state index is -2.02. The van der Waals surface area contributed by atoms with E-state index in [1.165, 1.54) is 19.2 Å². The van der Waals surface area contributed by atoms with Gasteiger partial charge in [0.2, 0.25) is 17.5 Å². The van der Waals surface area contributed by atoms with Crippen molar-refractivity contribution < 1.29 is 79.2 Å². The molecule has 2 aromatic carbocycles. The Hall–Kier alpha value is -3.75. The minimum absolute atomic E-state index is 0.00464. The van der Waals surface area contributed by atoms with Crippen LogP contribution in [-0.2, 0) is 14.2 Å². The summed E-state index contributed by atoms with van der Waals surface area (Å²) in [6.07, 6.45) is -17.6. The molecule has 2 saturated heterocycles. The highest BCUT2D eigenvalue weighted by Crippen LogP contribution is 2.40. The minimum Gasteiger partial charge on any atom is -0.507 e. The predicted octanol–water partition coefficient (Wildman–Crippen LogP) is -2.41. The third-order valence-corrected chi connectivity index (χ3v) is 7.57. The van der Waals surface area contributed by atoms with E-state index in [0.717, 1.165) is 18.2 Å². The first-order valence-electron chi connectivity index (χ1n) is 13.5. The van der Waals surface area contributed by atoms with Crippen LogP contribution in [0.25, 0.3) is 22.3 Å². The van der Waals surface area contributed by atoms with Gasteiger partial charge in [0.15, 0.2) is 23.5 Å². The highest BCUT2D eigenvalue weighted by atomic mass is 16.7. The largest absolute Gasteiger partial charge is 0.507 e. The lowest BCUT2D eigenvalue weighted by Gasteiger charge is -2.45. The molecule has 5 rings (SSSR count). The number of aliphatic hydroxyl groups is 7. The first-order chi connectivity index (χ1) is 21.4. The van der Waals surface area contributed by atoms with Crippen molar-refractivity contribution in [3.63, 3.8) is 0 Å². The molecule has 1 aromatic heterocycles. The second-order valence-corrected chi connectivity index (χ2v) is 10.4. The van der Waals surface area contributed by atoms with E-state index in [1.54, 1.807) is 0 Å². The molecule has 2 fully saturated rings. The van der Waals surface area contributed by atoms with Crippen LogP contribution < -0.4 is 14.9 Å². The molecular weight excluding hydrogens is 608 g/mol. The van der Waals surface area contributed by atoms with E-state index in [-0.39, 0.29) is 28.0 Å². The summed E-state index contributed by atoms with van der Waals surface area (Å²) in [5.74, 6) is -2.55. The van der Waals surface area contributed by atoms with Gasteiger partial charge in [0.1, 0.15) is 71.3 Å². The molecule has 2 aliphatic rings. The number of benzene rings is 2. The van der Waals surface area contributed by atoms with Crippen molar-refractivity contribution in [3.05, 3.63) is 40.6 Å². The van der Waals surface area contributed by atoms with Crippen LogP contribution in [0.3, 0.4) is 0 Å². The number of methoxy groups -OCH3 is 1. The molecule has 3 aromatic rings. The Morgan fingerprint density at radius 1 is 0.756 bits per heavy atom. The smallest absolute Gasteiger partial charge is 0.239 e. The topological polar surface area (TPSA) is 279 Å². The SMILES string of the molecule is COc1cc(O)c2c(=O)c(O[C@@H]3O[C@H](CO)[C@H](O[C@@H]4O[C@H](CO)[C@H](O)[C@H](O)[C@H]4O)[C@H](O)[C@H]3O)c(-c3ccc(O)c(O)c3)oc2c1. The summed E-state index contributed by atoms with van der Waals surface area (Å²) in [6, 6.07) is 5.83. The monoisotopic (exact) mass is 640 g/mol. The van der Waals surface area contributed by atoms with Gasteiger partial charge in [-0.25, -0.2) is 0 Å². The fourth-order valence-corrected chi connectivity index (χ4v) is 5.11. The predicted molar refractivity (Wildman–Crippen MR) is 146 cm³/mol. The van der Waals surface area contributed by atoms with Gasteiger partial charge >= 0.3 is 0 Å². The van der Waals surface area contributed by atoms with Gasteiger partial charge in [-0.2, -0.15) is 0 Å². The quantitative estimate of drug-likeness (QED) is 0.115. The molecule has 0 radical (unpaired) electrons. The van der Waals surface area contributed by atoms with Crippen LogP contribution >= 0.6 is 0 Å². The number of fused-ring (bicyclic) bond motifs is 1. The molecule has 0 unspecified atom stereocenters. The maximum atomic E-state index is 13.7. The third kappa shape index (κ3) is 5.98. The number of phenolic OH excluding ortho intramolecular Hbond substituents is 3. The summed E-state index contributed by atoms with van der Waals surface area (Å²) in [4.78, 5) is 13.7. The number of phenols is 3. The number of hydrogen-bond acceptors (Lipinski definition) is 17. The average Bonchev–Trinajstić information content (AvgIpc) is 3.02. The number of hydrogen-bond donors (Lipinski definition) is 10. The van der Waals surface area contributed by atoms with E-state index in [0.29, 0.717) is 0 Å². The Morgan fingerprint density at radius 3 is 2.07 bits per heavy atom. The van der Waals surface area contributed by atoms with E-state index in [4.69, 9.17) is 28.1 Å². The lowest BCUT2D eigenvalue weighted by atomic mass is 9.97. The number of ether oxygens (including phenoxy) is 5. The Bertz CT molecular complexity index is 1570. The van der Waals surface area contributed by atoms with Gasteiger partial charge in [-0.3, -0.25) is 4.79 Å². The van der Waals surface area contributed by atoms with Crippen LogP contribution in [0.1, 0.15) is 0 Å². The maximum absolute atomic E-state index is 13.7. The van der Waals surface area contributed by atoms with Crippen molar-refractivity contribution in [1.82, 2.24) is 0 Å². The average molecular weight is 641 g/mol. The maximum Gasteiger partial charge on any atom is 0.239 e. The highest BCUT2D eigenvalue weighted by Gasteiger charge is 2.51. The summed E-state index contributed by atoms with van der Waals surface area (Å²) >= 11 is 0. The molecule has 17 nitrogen and oxygen atoms in total. The van der Waals surface area contributed by atoms with Crippen molar-refractivity contribution in [2.24, 2.45) is 0 Å². The molecule has 17 heteroatoms. The van der Waals surface area contributed by atoms with E-state index in [2.05, 4.69) is 0 Å². The molecule has 45 heavy (non-hydrogen) atoms. The van der Waals surface area contributed by atoms with Crippen LogP contribution in [0.2, 0.25) is 0 Å².